The highest BCUT2D eigenvalue weighted by Gasteiger charge is 2.12. The lowest BCUT2D eigenvalue weighted by molar-refractivity contribution is 0.283. The standard InChI is InChI=1S/C17H18FN3OS/c18-13-6-4-12(5-7-13)14-10-23-17-15(14)16(20-11-21-17)19-8-2-1-3-9-22/h4-7,10-11,22H,1-3,8-9H2,(H,19,20,21). The van der Waals surface area contributed by atoms with Crippen molar-refractivity contribution >= 4 is 27.4 Å². The maximum absolute atomic E-state index is 13.1. The number of nitrogens with zero attached hydrogens (tertiary/aromatic N) is 2. The number of benzene rings is 1. The zero-order valence-corrected chi connectivity index (χ0v) is 13.4. The maximum Gasteiger partial charge on any atom is 0.138 e. The minimum absolute atomic E-state index is 0.233. The molecule has 0 saturated carbocycles. The van der Waals surface area contributed by atoms with Gasteiger partial charge in [-0.25, -0.2) is 14.4 Å². The summed E-state index contributed by atoms with van der Waals surface area (Å²) in [5, 5.41) is 15.2. The first-order valence-corrected chi connectivity index (χ1v) is 8.50. The highest BCUT2D eigenvalue weighted by atomic mass is 32.1. The Bertz CT molecular complexity index is 773. The maximum atomic E-state index is 13.1. The number of hydrogen-bond donors (Lipinski definition) is 2. The van der Waals surface area contributed by atoms with Crippen LogP contribution in [-0.2, 0) is 0 Å². The number of aliphatic hydroxyl groups excluding tert-OH is 1. The first-order chi connectivity index (χ1) is 11.3. The largest absolute Gasteiger partial charge is 0.396 e. The monoisotopic (exact) mass is 331 g/mol. The second-order valence-electron chi connectivity index (χ2n) is 5.27. The number of fused-ring (bicyclic) bond motifs is 1. The Hall–Kier alpha value is -2.05. The summed E-state index contributed by atoms with van der Waals surface area (Å²) in [6.07, 6.45) is 4.33. The molecule has 0 aliphatic heterocycles. The molecular formula is C17H18FN3OS. The van der Waals surface area contributed by atoms with Crippen molar-refractivity contribution in [3.63, 3.8) is 0 Å². The third-order valence-electron chi connectivity index (χ3n) is 3.65. The Morgan fingerprint density at radius 1 is 1.09 bits per heavy atom. The fraction of sp³-hybridized carbons (Fsp3) is 0.294. The molecule has 2 N–H and O–H groups in total. The van der Waals surface area contributed by atoms with E-state index in [9.17, 15) is 4.39 Å². The van der Waals surface area contributed by atoms with Crippen LogP contribution in [0.3, 0.4) is 0 Å². The number of rotatable bonds is 7. The topological polar surface area (TPSA) is 58.0 Å². The third kappa shape index (κ3) is 3.65. The van der Waals surface area contributed by atoms with E-state index in [0.29, 0.717) is 0 Å². The lowest BCUT2D eigenvalue weighted by Crippen LogP contribution is -2.04. The Morgan fingerprint density at radius 3 is 2.70 bits per heavy atom. The van der Waals surface area contributed by atoms with Crippen LogP contribution in [-0.4, -0.2) is 28.2 Å². The zero-order chi connectivity index (χ0) is 16.1. The molecule has 6 heteroatoms. The van der Waals surface area contributed by atoms with Crippen molar-refractivity contribution in [3.05, 3.63) is 41.8 Å². The summed E-state index contributed by atoms with van der Waals surface area (Å²) in [5.74, 6) is 0.561. The zero-order valence-electron chi connectivity index (χ0n) is 12.6. The molecular weight excluding hydrogens is 313 g/mol. The number of thiophene rings is 1. The highest BCUT2D eigenvalue weighted by Crippen LogP contribution is 2.36. The molecule has 0 fully saturated rings. The average molecular weight is 331 g/mol. The van der Waals surface area contributed by atoms with E-state index in [1.807, 2.05) is 5.38 Å². The van der Waals surface area contributed by atoms with Crippen molar-refractivity contribution in [3.8, 4) is 11.1 Å². The molecule has 1 aromatic carbocycles. The molecule has 0 amide bonds. The van der Waals surface area contributed by atoms with Gasteiger partial charge >= 0.3 is 0 Å². The van der Waals surface area contributed by atoms with E-state index in [0.717, 1.165) is 53.0 Å². The van der Waals surface area contributed by atoms with Gasteiger partial charge in [-0.05, 0) is 37.0 Å². The second kappa shape index (κ2) is 7.48. The average Bonchev–Trinajstić information content (AvgIpc) is 3.00. The summed E-state index contributed by atoms with van der Waals surface area (Å²) in [4.78, 5) is 9.60. The van der Waals surface area contributed by atoms with Crippen LogP contribution in [0.1, 0.15) is 19.3 Å². The summed E-state index contributed by atoms with van der Waals surface area (Å²) in [6, 6.07) is 6.47. The number of halogens is 1. The molecule has 0 saturated heterocycles. The van der Waals surface area contributed by atoms with Crippen LogP contribution in [0.15, 0.2) is 36.0 Å². The van der Waals surface area contributed by atoms with Gasteiger partial charge in [0.15, 0.2) is 0 Å². The van der Waals surface area contributed by atoms with Crippen molar-refractivity contribution in [2.75, 3.05) is 18.5 Å². The molecule has 0 unspecified atom stereocenters. The van der Waals surface area contributed by atoms with Crippen LogP contribution >= 0.6 is 11.3 Å². The van der Waals surface area contributed by atoms with Gasteiger partial charge in [0, 0.05) is 24.1 Å². The van der Waals surface area contributed by atoms with Gasteiger partial charge in [0.1, 0.15) is 22.8 Å². The van der Waals surface area contributed by atoms with Gasteiger partial charge in [0.25, 0.3) is 0 Å². The minimum Gasteiger partial charge on any atom is -0.396 e. The lowest BCUT2D eigenvalue weighted by atomic mass is 10.1. The number of aliphatic hydroxyl groups is 1. The van der Waals surface area contributed by atoms with Crippen LogP contribution in [0.5, 0.6) is 0 Å². The van der Waals surface area contributed by atoms with Gasteiger partial charge in [-0.3, -0.25) is 0 Å². The fourth-order valence-corrected chi connectivity index (χ4v) is 3.39. The summed E-state index contributed by atoms with van der Waals surface area (Å²) in [5.41, 5.74) is 1.97. The molecule has 3 aromatic rings. The second-order valence-corrected chi connectivity index (χ2v) is 6.13. The van der Waals surface area contributed by atoms with Gasteiger partial charge in [-0.15, -0.1) is 11.3 Å². The molecule has 3 rings (SSSR count). The number of aromatic nitrogens is 2. The molecule has 2 aromatic heterocycles. The van der Waals surface area contributed by atoms with Crippen LogP contribution in [0.2, 0.25) is 0 Å². The van der Waals surface area contributed by atoms with Gasteiger partial charge in [0.05, 0.1) is 5.39 Å². The van der Waals surface area contributed by atoms with Crippen LogP contribution in [0.25, 0.3) is 21.3 Å². The molecule has 2 heterocycles. The van der Waals surface area contributed by atoms with E-state index in [1.54, 1.807) is 29.8 Å². The van der Waals surface area contributed by atoms with Gasteiger partial charge in [0.2, 0.25) is 0 Å². The van der Waals surface area contributed by atoms with E-state index in [-0.39, 0.29) is 12.4 Å². The summed E-state index contributed by atoms with van der Waals surface area (Å²) >= 11 is 1.56. The Morgan fingerprint density at radius 2 is 1.91 bits per heavy atom. The number of nitrogens with one attached hydrogen (secondary N) is 1. The first kappa shape index (κ1) is 15.8. The SMILES string of the molecule is OCCCCCNc1ncnc2scc(-c3ccc(F)cc3)c12. The molecule has 0 spiro atoms. The van der Waals surface area contributed by atoms with Crippen molar-refractivity contribution in [1.29, 1.82) is 0 Å². The van der Waals surface area contributed by atoms with E-state index in [2.05, 4.69) is 15.3 Å². The van der Waals surface area contributed by atoms with Gasteiger partial charge in [-0.2, -0.15) is 0 Å². The highest BCUT2D eigenvalue weighted by molar-refractivity contribution is 7.17. The van der Waals surface area contributed by atoms with E-state index in [4.69, 9.17) is 5.11 Å². The predicted octanol–water partition coefficient (Wildman–Crippen LogP) is 4.07. The predicted molar refractivity (Wildman–Crippen MR) is 92.2 cm³/mol. The molecule has 0 aliphatic carbocycles. The minimum atomic E-state index is -0.244. The quantitative estimate of drug-likeness (QED) is 0.641. The lowest BCUT2D eigenvalue weighted by Gasteiger charge is -2.08. The van der Waals surface area contributed by atoms with Crippen molar-refractivity contribution in [2.24, 2.45) is 0 Å². The van der Waals surface area contributed by atoms with Crippen LogP contribution < -0.4 is 5.32 Å². The van der Waals surface area contributed by atoms with Crippen molar-refractivity contribution in [2.45, 2.75) is 19.3 Å². The molecule has 4 nitrogen and oxygen atoms in total. The Labute approximate surface area is 138 Å². The van der Waals surface area contributed by atoms with E-state index < -0.39 is 0 Å². The number of anilines is 1. The van der Waals surface area contributed by atoms with Crippen molar-refractivity contribution in [1.82, 2.24) is 9.97 Å². The molecule has 0 aliphatic rings. The fourth-order valence-electron chi connectivity index (χ4n) is 2.47. The van der Waals surface area contributed by atoms with Crippen LogP contribution in [0.4, 0.5) is 10.2 Å². The number of hydrogen-bond acceptors (Lipinski definition) is 5. The first-order valence-electron chi connectivity index (χ1n) is 7.62. The van der Waals surface area contributed by atoms with Gasteiger partial charge < -0.3 is 10.4 Å². The molecule has 23 heavy (non-hydrogen) atoms. The summed E-state index contributed by atoms with van der Waals surface area (Å²) in [7, 11) is 0. The van der Waals surface area contributed by atoms with Crippen LogP contribution in [0, 0.1) is 5.82 Å². The van der Waals surface area contributed by atoms with E-state index in [1.165, 1.54) is 12.1 Å². The summed E-state index contributed by atoms with van der Waals surface area (Å²) < 4.78 is 13.1. The number of unbranched alkanes of at least 4 members (excludes halogenated alkanes) is 2. The normalized spacial score (nSPS) is 11.0. The van der Waals surface area contributed by atoms with Gasteiger partial charge in [-0.1, -0.05) is 12.1 Å². The molecule has 0 radical (unpaired) electrons. The van der Waals surface area contributed by atoms with E-state index >= 15 is 0 Å². The Kier molecular flexibility index (Phi) is 5.15. The smallest absolute Gasteiger partial charge is 0.138 e. The molecule has 0 atom stereocenters. The molecule has 0 bridgehead atoms. The Balaban J connectivity index is 1.86. The molecule has 120 valence electrons. The third-order valence-corrected chi connectivity index (χ3v) is 4.54. The van der Waals surface area contributed by atoms with Crippen molar-refractivity contribution < 1.29 is 9.50 Å². The summed E-state index contributed by atoms with van der Waals surface area (Å²) in [6.45, 7) is 1.03.